The molecule has 1 rings (SSSR count). The molecule has 0 radical (unpaired) electrons. The zero-order chi connectivity index (χ0) is 23.9. The summed E-state index contributed by atoms with van der Waals surface area (Å²) in [5.41, 5.74) is -0.679. The van der Waals surface area contributed by atoms with Crippen LogP contribution in [0.2, 0.25) is 0 Å². The molecule has 0 aromatic heterocycles. The van der Waals surface area contributed by atoms with E-state index in [0.29, 0.717) is 0 Å². The van der Waals surface area contributed by atoms with Crippen LogP contribution in [0.15, 0.2) is 18.2 Å². The minimum Gasteiger partial charge on any atom is -0.422 e. The topological polar surface area (TPSA) is 171 Å². The summed E-state index contributed by atoms with van der Waals surface area (Å²) < 4.78 is 43.6. The van der Waals surface area contributed by atoms with Gasteiger partial charge in [0.15, 0.2) is 11.5 Å². The van der Waals surface area contributed by atoms with Crippen LogP contribution in [0.4, 0.5) is 0 Å². The van der Waals surface area contributed by atoms with Gasteiger partial charge in [0.25, 0.3) is 0 Å². The summed E-state index contributed by atoms with van der Waals surface area (Å²) in [6.45, 7) is 12.1. The Hall–Kier alpha value is -2.24. The molecule has 2 N–H and O–H groups in total. The van der Waals surface area contributed by atoms with E-state index in [4.69, 9.17) is 28.1 Å². The molecule has 0 heterocycles. The van der Waals surface area contributed by atoms with Gasteiger partial charge >= 0.3 is 11.9 Å². The molecule has 170 valence electrons. The Kier molecular flexibility index (Phi) is 9.89. The number of rotatable bonds is 4. The number of benzene rings is 1. The largest absolute Gasteiger partial charge is 0.422 e. The number of ether oxygens (including phenoxy) is 2. The summed E-state index contributed by atoms with van der Waals surface area (Å²) in [6, 6.07) is 4.85. The monoisotopic (exact) mass is 449 g/mol. The van der Waals surface area contributed by atoms with Gasteiger partial charge in [-0.3, -0.25) is 14.4 Å². The smallest absolute Gasteiger partial charge is 0.316 e. The molecule has 0 saturated carbocycles. The van der Waals surface area contributed by atoms with Crippen LogP contribution in [0, 0.1) is 21.1 Å². The fourth-order valence-corrected chi connectivity index (χ4v) is 1.56. The van der Waals surface area contributed by atoms with Gasteiger partial charge in [-0.2, -0.15) is 14.0 Å². The lowest BCUT2D eigenvalue weighted by Crippen LogP contribution is -2.58. The quantitative estimate of drug-likeness (QED) is 0.436. The van der Waals surface area contributed by atoms with Crippen molar-refractivity contribution in [3.8, 4) is 11.5 Å². The van der Waals surface area contributed by atoms with E-state index in [1.54, 1.807) is 59.7 Å². The number of carbonyl (C=O) groups is 3. The van der Waals surface area contributed by atoms with Gasteiger partial charge in [-0.05, 0) is 59.2 Å². The van der Waals surface area contributed by atoms with Crippen molar-refractivity contribution in [2.24, 2.45) is 10.8 Å². The van der Waals surface area contributed by atoms with Crippen LogP contribution in [0.3, 0.4) is 0 Å². The average molecular weight is 450 g/mol. The molecule has 0 atom stereocenters. The maximum atomic E-state index is 12.2. The zero-order valence-electron chi connectivity index (χ0n) is 18.0. The Morgan fingerprint density at radius 1 is 0.933 bits per heavy atom. The predicted octanol–water partition coefficient (Wildman–Crippen LogP) is -0.898. The molecule has 0 spiro atoms. The predicted molar refractivity (Wildman–Crippen MR) is 96.4 cm³/mol. The van der Waals surface area contributed by atoms with Gasteiger partial charge in [-0.25, -0.2) is 0 Å². The molecule has 10 nitrogen and oxygen atoms in total. The molecule has 0 aliphatic carbocycles. The minimum atomic E-state index is -4.69. The van der Waals surface area contributed by atoms with E-state index < -0.39 is 33.0 Å². The lowest BCUT2D eigenvalue weighted by Gasteiger charge is -2.20. The van der Waals surface area contributed by atoms with Gasteiger partial charge in [0.05, 0.1) is 25.7 Å². The highest BCUT2D eigenvalue weighted by molar-refractivity contribution is 5.81. The van der Waals surface area contributed by atoms with Gasteiger partial charge in [-0.15, -0.1) is 0 Å². The van der Waals surface area contributed by atoms with Crippen LogP contribution in [0.1, 0.15) is 54.0 Å². The lowest BCUT2D eigenvalue weighted by atomic mass is 9.97. The van der Waals surface area contributed by atoms with Gasteiger partial charge in [0.1, 0.15) is 0 Å². The molecule has 0 fully saturated rings. The number of amides is 1. The van der Waals surface area contributed by atoms with Crippen molar-refractivity contribution in [2.45, 2.75) is 55.0 Å². The Bertz CT molecular complexity index is 753. The molecular weight excluding hydrogens is 422 g/mol. The molecule has 1 aromatic carbocycles. The maximum Gasteiger partial charge on any atom is 0.316 e. The van der Waals surface area contributed by atoms with Crippen molar-refractivity contribution in [2.75, 3.05) is 0 Å². The summed E-state index contributed by atoms with van der Waals surface area (Å²) in [4.78, 5) is 35.4. The standard InChI is InChI=1S/C19H27NO5.ClHO4/c1-12(21)20-11-13-8-9-14(24-16(22)18(2,3)4)15(10-13)25-17(23)19(5,6)7;2-1(3,4)5/h8-10H,11H2,1-7H3,(H,20,21);(H,2,3,4,5). The molecule has 1 amide bonds. The number of halogens is 1. The molecule has 0 unspecified atom stereocenters. The van der Waals surface area contributed by atoms with Crippen molar-refractivity contribution in [3.05, 3.63) is 23.8 Å². The summed E-state index contributed by atoms with van der Waals surface area (Å²) in [6.07, 6.45) is 0. The molecule has 0 bridgehead atoms. The van der Waals surface area contributed by atoms with Gasteiger partial charge in [0.2, 0.25) is 5.91 Å². The van der Waals surface area contributed by atoms with Crippen molar-refractivity contribution in [1.82, 2.24) is 5.32 Å². The Labute approximate surface area is 177 Å². The first-order chi connectivity index (χ1) is 13.3. The lowest BCUT2D eigenvalue weighted by molar-refractivity contribution is -1.92. The zero-order valence-corrected chi connectivity index (χ0v) is 18.8. The fourth-order valence-electron chi connectivity index (χ4n) is 1.56. The van der Waals surface area contributed by atoms with Gasteiger partial charge in [-0.1, -0.05) is 6.07 Å². The Balaban J connectivity index is 0.00000150. The van der Waals surface area contributed by atoms with Crippen LogP contribution in [0.5, 0.6) is 11.5 Å². The number of hydrogen-bond donors (Lipinski definition) is 2. The summed E-state index contributed by atoms with van der Waals surface area (Å²) in [7, 11) is -4.69. The third-order valence-electron chi connectivity index (χ3n) is 3.18. The van der Waals surface area contributed by atoms with Gasteiger partial charge < -0.3 is 14.8 Å². The van der Waals surface area contributed by atoms with Crippen LogP contribution in [-0.2, 0) is 20.9 Å². The maximum absolute atomic E-state index is 12.2. The third kappa shape index (κ3) is 12.3. The number of esters is 2. The first kappa shape index (κ1) is 27.8. The first-order valence-corrected chi connectivity index (χ1v) is 10.0. The first-order valence-electron chi connectivity index (χ1n) is 8.76. The fraction of sp³-hybridized carbons (Fsp3) is 0.526. The van der Waals surface area contributed by atoms with E-state index in [2.05, 4.69) is 5.32 Å². The van der Waals surface area contributed by atoms with Crippen molar-refractivity contribution in [1.29, 1.82) is 0 Å². The van der Waals surface area contributed by atoms with Crippen LogP contribution >= 0.6 is 0 Å². The van der Waals surface area contributed by atoms with E-state index in [0.717, 1.165) is 5.56 Å². The van der Waals surface area contributed by atoms with E-state index in [9.17, 15) is 14.4 Å². The molecule has 1 aromatic rings. The minimum absolute atomic E-state index is 0.153. The second-order valence-corrected chi connectivity index (χ2v) is 9.16. The normalized spacial score (nSPS) is 11.7. The molecule has 0 saturated heterocycles. The van der Waals surface area contributed by atoms with E-state index in [1.165, 1.54) is 6.92 Å². The summed E-state index contributed by atoms with van der Waals surface area (Å²) in [5.74, 6) is -0.728. The average Bonchev–Trinajstić information content (AvgIpc) is 2.51. The van der Waals surface area contributed by atoms with Crippen molar-refractivity contribution in [3.63, 3.8) is 0 Å². The van der Waals surface area contributed by atoms with Crippen molar-refractivity contribution < 1.29 is 52.7 Å². The highest BCUT2D eigenvalue weighted by Crippen LogP contribution is 2.32. The SMILES string of the molecule is CC(=O)NCc1ccc(OC(=O)C(C)(C)C)c(OC(=O)C(C)(C)C)c1.[O-][Cl+3]([O-])([O-])O. The Morgan fingerprint density at radius 2 is 1.33 bits per heavy atom. The molecule has 11 heteroatoms. The second kappa shape index (κ2) is 10.7. The third-order valence-corrected chi connectivity index (χ3v) is 3.18. The molecule has 0 aliphatic heterocycles. The summed E-state index contributed by atoms with van der Waals surface area (Å²) in [5, 5.41) is 2.67. The number of carbonyl (C=O) groups excluding carboxylic acids is 3. The molecule has 0 aliphatic rings. The number of nitrogens with one attached hydrogen (secondary N) is 1. The summed E-state index contributed by atoms with van der Waals surface area (Å²) >= 11 is 0. The number of hydrogen-bond acceptors (Lipinski definition) is 9. The molecule has 30 heavy (non-hydrogen) atoms. The van der Waals surface area contributed by atoms with E-state index >= 15 is 0 Å². The highest BCUT2D eigenvalue weighted by atomic mass is 35.7. The van der Waals surface area contributed by atoms with Crippen molar-refractivity contribution >= 4 is 17.8 Å². The van der Waals surface area contributed by atoms with Crippen LogP contribution in [0.25, 0.3) is 0 Å². The molecular formula is C19H28ClNO9. The van der Waals surface area contributed by atoms with E-state index in [-0.39, 0.29) is 24.0 Å². The Morgan fingerprint density at radius 3 is 1.70 bits per heavy atom. The van der Waals surface area contributed by atoms with Crippen LogP contribution < -0.4 is 28.8 Å². The van der Waals surface area contributed by atoms with Gasteiger partial charge in [0, 0.05) is 13.5 Å². The second-order valence-electron chi connectivity index (χ2n) is 8.37. The van der Waals surface area contributed by atoms with Crippen LogP contribution in [-0.4, -0.2) is 22.5 Å². The van der Waals surface area contributed by atoms with E-state index in [1.807, 2.05) is 0 Å². The highest BCUT2D eigenvalue weighted by Gasteiger charge is 2.28.